The maximum atomic E-state index is 12.4. The van der Waals surface area contributed by atoms with Gasteiger partial charge in [-0.3, -0.25) is 24.1 Å². The minimum Gasteiger partial charge on any atom is -0.355 e. The predicted octanol–water partition coefficient (Wildman–Crippen LogP) is 1.23. The number of carbonyl (C=O) groups is 4. The van der Waals surface area contributed by atoms with E-state index in [0.717, 1.165) is 31.2 Å². The highest BCUT2D eigenvalue weighted by atomic mass is 16.2. The molecule has 1 saturated heterocycles. The number of nitrogens with zero attached hydrogens (tertiary/aromatic N) is 1. The van der Waals surface area contributed by atoms with Gasteiger partial charge in [0.05, 0.1) is 11.8 Å². The minimum atomic E-state index is -0.226. The third-order valence-corrected chi connectivity index (χ3v) is 5.40. The number of carbonyl (C=O) groups excluding carboxylic acids is 4. The van der Waals surface area contributed by atoms with Crippen LogP contribution in [-0.2, 0) is 20.9 Å². The van der Waals surface area contributed by atoms with Crippen molar-refractivity contribution in [2.24, 2.45) is 11.8 Å². The smallest absolute Gasteiger partial charge is 0.251 e. The molecule has 2 unspecified atom stereocenters. The quantitative estimate of drug-likeness (QED) is 0.735. The van der Waals surface area contributed by atoms with Crippen molar-refractivity contribution in [1.29, 1.82) is 0 Å². The van der Waals surface area contributed by atoms with Crippen LogP contribution in [0, 0.1) is 11.8 Å². The number of benzene rings is 1. The van der Waals surface area contributed by atoms with E-state index < -0.39 is 0 Å². The zero-order valence-corrected chi connectivity index (χ0v) is 15.5. The Labute approximate surface area is 158 Å². The summed E-state index contributed by atoms with van der Waals surface area (Å²) in [5.74, 6) is -0.999. The first-order valence-electron chi connectivity index (χ1n) is 9.44. The van der Waals surface area contributed by atoms with E-state index in [1.807, 2.05) is 6.07 Å². The van der Waals surface area contributed by atoms with Crippen LogP contribution in [0.2, 0.25) is 0 Å². The molecule has 0 spiro atoms. The van der Waals surface area contributed by atoms with Crippen molar-refractivity contribution in [2.75, 3.05) is 13.6 Å². The Hall–Kier alpha value is -2.70. The van der Waals surface area contributed by atoms with Crippen LogP contribution in [0.15, 0.2) is 24.3 Å². The second-order valence-electron chi connectivity index (χ2n) is 7.13. The summed E-state index contributed by atoms with van der Waals surface area (Å²) in [5, 5.41) is 5.34. The molecule has 0 radical (unpaired) electrons. The van der Waals surface area contributed by atoms with Gasteiger partial charge in [0.1, 0.15) is 0 Å². The van der Waals surface area contributed by atoms with Gasteiger partial charge in [-0.2, -0.15) is 0 Å². The summed E-state index contributed by atoms with van der Waals surface area (Å²) in [6.07, 6.45) is 3.62. The van der Waals surface area contributed by atoms with Crippen molar-refractivity contribution in [3.63, 3.8) is 0 Å². The Morgan fingerprint density at radius 3 is 2.41 bits per heavy atom. The van der Waals surface area contributed by atoms with Crippen molar-refractivity contribution in [2.45, 2.75) is 38.6 Å². The van der Waals surface area contributed by atoms with Crippen molar-refractivity contribution in [3.8, 4) is 0 Å². The standard InChI is InChI=1S/C20H25N3O4/c1-21-18(25)14-6-4-5-13(11-14)12-22-17(24)9-10-23-19(26)15-7-2-3-8-16(15)20(23)27/h4-6,11,15-16H,2-3,7-10,12H2,1H3,(H,21,25)(H,22,24). The van der Waals surface area contributed by atoms with Crippen LogP contribution in [0.3, 0.4) is 0 Å². The van der Waals surface area contributed by atoms with Crippen molar-refractivity contribution in [3.05, 3.63) is 35.4 Å². The van der Waals surface area contributed by atoms with E-state index in [4.69, 9.17) is 0 Å². The molecule has 0 bridgehead atoms. The molecule has 2 aliphatic rings. The lowest BCUT2D eigenvalue weighted by Crippen LogP contribution is -2.35. The van der Waals surface area contributed by atoms with Crippen LogP contribution >= 0.6 is 0 Å². The van der Waals surface area contributed by atoms with Gasteiger partial charge in [-0.1, -0.05) is 25.0 Å². The van der Waals surface area contributed by atoms with Crippen LogP contribution < -0.4 is 10.6 Å². The zero-order valence-electron chi connectivity index (χ0n) is 15.5. The molecule has 1 aliphatic heterocycles. The average molecular weight is 371 g/mol. The van der Waals surface area contributed by atoms with Gasteiger partial charge < -0.3 is 10.6 Å². The van der Waals surface area contributed by atoms with Crippen molar-refractivity contribution < 1.29 is 19.2 Å². The normalized spacial score (nSPS) is 21.7. The van der Waals surface area contributed by atoms with Gasteiger partial charge in [-0.25, -0.2) is 0 Å². The summed E-state index contributed by atoms with van der Waals surface area (Å²) in [6.45, 7) is 0.422. The largest absolute Gasteiger partial charge is 0.355 e. The van der Waals surface area contributed by atoms with Gasteiger partial charge in [0.25, 0.3) is 5.91 Å². The molecule has 7 nitrogen and oxygen atoms in total. The molecule has 0 aromatic heterocycles. The maximum Gasteiger partial charge on any atom is 0.251 e. The Morgan fingerprint density at radius 2 is 1.78 bits per heavy atom. The molecule has 144 valence electrons. The molecule has 1 aromatic rings. The topological polar surface area (TPSA) is 95.6 Å². The first-order chi connectivity index (χ1) is 13.0. The monoisotopic (exact) mass is 371 g/mol. The van der Waals surface area contributed by atoms with E-state index >= 15 is 0 Å². The summed E-state index contributed by atoms with van der Waals surface area (Å²) >= 11 is 0. The van der Waals surface area contributed by atoms with Crippen LogP contribution in [-0.4, -0.2) is 42.1 Å². The molecule has 7 heteroatoms. The van der Waals surface area contributed by atoms with E-state index in [1.54, 1.807) is 25.2 Å². The van der Waals surface area contributed by atoms with E-state index in [9.17, 15) is 19.2 Å². The number of hydrogen-bond acceptors (Lipinski definition) is 4. The van der Waals surface area contributed by atoms with Crippen molar-refractivity contribution >= 4 is 23.6 Å². The molecule has 1 aliphatic carbocycles. The number of fused-ring (bicyclic) bond motifs is 1. The highest BCUT2D eigenvalue weighted by Crippen LogP contribution is 2.37. The zero-order chi connectivity index (χ0) is 19.4. The minimum absolute atomic E-state index is 0.0893. The molecular formula is C20H25N3O4. The number of nitrogens with one attached hydrogen (secondary N) is 2. The second kappa shape index (κ2) is 8.33. The van der Waals surface area contributed by atoms with Gasteiger partial charge in [-0.05, 0) is 30.5 Å². The summed E-state index contributed by atoms with van der Waals surface area (Å²) < 4.78 is 0. The molecule has 4 amide bonds. The first-order valence-corrected chi connectivity index (χ1v) is 9.44. The number of rotatable bonds is 6. The SMILES string of the molecule is CNC(=O)c1cccc(CNC(=O)CCN2C(=O)C3CCCCC3C2=O)c1. The lowest BCUT2D eigenvalue weighted by atomic mass is 9.81. The van der Waals surface area contributed by atoms with E-state index in [2.05, 4.69) is 10.6 Å². The molecule has 2 atom stereocenters. The van der Waals surface area contributed by atoms with Crippen LogP contribution in [0.25, 0.3) is 0 Å². The molecular weight excluding hydrogens is 346 g/mol. The fourth-order valence-corrected chi connectivity index (χ4v) is 3.92. The van der Waals surface area contributed by atoms with Gasteiger partial charge in [0.15, 0.2) is 0 Å². The van der Waals surface area contributed by atoms with Gasteiger partial charge >= 0.3 is 0 Å². The first kappa shape index (κ1) is 19.1. The highest BCUT2D eigenvalue weighted by Gasteiger charge is 2.47. The number of amides is 4. The lowest BCUT2D eigenvalue weighted by Gasteiger charge is -2.19. The van der Waals surface area contributed by atoms with E-state index in [1.165, 1.54) is 4.90 Å². The number of likely N-dealkylation sites (tertiary alicyclic amines) is 1. The Balaban J connectivity index is 1.49. The van der Waals surface area contributed by atoms with Gasteiger partial charge in [-0.15, -0.1) is 0 Å². The van der Waals surface area contributed by atoms with Crippen LogP contribution in [0.4, 0.5) is 0 Å². The summed E-state index contributed by atoms with van der Waals surface area (Å²) in [7, 11) is 1.56. The number of hydrogen-bond donors (Lipinski definition) is 2. The van der Waals surface area contributed by atoms with Gasteiger partial charge in [0.2, 0.25) is 17.7 Å². The van der Waals surface area contributed by atoms with Gasteiger partial charge in [0, 0.05) is 32.1 Å². The fraction of sp³-hybridized carbons (Fsp3) is 0.500. The maximum absolute atomic E-state index is 12.4. The lowest BCUT2D eigenvalue weighted by molar-refractivity contribution is -0.140. The molecule has 3 rings (SSSR count). The number of imide groups is 1. The average Bonchev–Trinajstić information content (AvgIpc) is 2.95. The summed E-state index contributed by atoms with van der Waals surface area (Å²) in [6, 6.07) is 7.01. The molecule has 1 saturated carbocycles. The van der Waals surface area contributed by atoms with Crippen LogP contribution in [0.5, 0.6) is 0 Å². The second-order valence-corrected chi connectivity index (χ2v) is 7.13. The third-order valence-electron chi connectivity index (χ3n) is 5.40. The van der Waals surface area contributed by atoms with Crippen molar-refractivity contribution in [1.82, 2.24) is 15.5 Å². The predicted molar refractivity (Wildman–Crippen MR) is 98.5 cm³/mol. The summed E-state index contributed by atoms with van der Waals surface area (Å²) in [5.41, 5.74) is 1.34. The van der Waals surface area contributed by atoms with E-state index in [-0.39, 0.29) is 55.0 Å². The molecule has 1 aromatic carbocycles. The Morgan fingerprint density at radius 1 is 1.11 bits per heavy atom. The highest BCUT2D eigenvalue weighted by molar-refractivity contribution is 6.05. The van der Waals surface area contributed by atoms with Crippen LogP contribution in [0.1, 0.15) is 48.0 Å². The van der Waals surface area contributed by atoms with E-state index in [0.29, 0.717) is 5.56 Å². The molecule has 27 heavy (non-hydrogen) atoms. The Bertz CT molecular complexity index is 737. The Kier molecular flexibility index (Phi) is 5.88. The molecule has 2 fully saturated rings. The molecule has 2 N–H and O–H groups in total. The fourth-order valence-electron chi connectivity index (χ4n) is 3.92. The molecule has 1 heterocycles. The third kappa shape index (κ3) is 4.18. The summed E-state index contributed by atoms with van der Waals surface area (Å²) in [4.78, 5) is 49.9.